The molecule has 0 saturated heterocycles. The molecule has 0 unspecified atom stereocenters. The fourth-order valence-electron chi connectivity index (χ4n) is 1.72. The molecular weight excluding hydrogens is 300 g/mol. The van der Waals surface area contributed by atoms with Crippen molar-refractivity contribution in [3.63, 3.8) is 0 Å². The summed E-state index contributed by atoms with van der Waals surface area (Å²) in [6, 6.07) is 11.9. The zero-order valence-corrected chi connectivity index (χ0v) is 12.1. The first-order chi connectivity index (χ1) is 11.0. The Labute approximate surface area is 132 Å². The molecule has 0 aliphatic carbocycles. The topological polar surface area (TPSA) is 93.1 Å². The van der Waals surface area contributed by atoms with E-state index in [-0.39, 0.29) is 17.7 Å². The second-order valence-corrected chi connectivity index (χ2v) is 4.59. The van der Waals surface area contributed by atoms with Crippen LogP contribution < -0.4 is 9.47 Å². The van der Waals surface area contributed by atoms with Crippen LogP contribution in [0.25, 0.3) is 0 Å². The fraction of sp³-hybridized carbons (Fsp3) is 0.0588. The fourth-order valence-corrected chi connectivity index (χ4v) is 1.72. The Morgan fingerprint density at radius 1 is 0.826 bits per heavy atom. The average Bonchev–Trinajstić information content (AvgIpc) is 2.54. The molecule has 0 fully saturated rings. The Morgan fingerprint density at radius 3 is 1.70 bits per heavy atom. The second-order valence-electron chi connectivity index (χ2n) is 4.59. The standard InChI is InChI=1S/C17H14O6/c1-11(23-15-8-4-13(5-9-15)17(20)21)10-22-14-6-2-12(3-7-14)16(18)19/h2-9H,1,10H2,(H,18,19)(H,20,21). The lowest BCUT2D eigenvalue weighted by molar-refractivity contribution is 0.0686. The van der Waals surface area contributed by atoms with E-state index < -0.39 is 11.9 Å². The van der Waals surface area contributed by atoms with Crippen LogP contribution in [0, 0.1) is 0 Å². The van der Waals surface area contributed by atoms with Gasteiger partial charge in [-0.1, -0.05) is 6.58 Å². The van der Waals surface area contributed by atoms with E-state index in [0.29, 0.717) is 17.3 Å². The number of carboxylic acid groups (broad SMARTS) is 2. The maximum absolute atomic E-state index is 10.7. The molecule has 0 aliphatic rings. The summed E-state index contributed by atoms with van der Waals surface area (Å²) in [5.41, 5.74) is 0.337. The Bertz CT molecular complexity index is 716. The van der Waals surface area contributed by atoms with Gasteiger partial charge in [0.15, 0.2) is 0 Å². The highest BCUT2D eigenvalue weighted by molar-refractivity contribution is 5.88. The molecule has 0 radical (unpaired) electrons. The summed E-state index contributed by atoms with van der Waals surface area (Å²) in [6.07, 6.45) is 0. The summed E-state index contributed by atoms with van der Waals surface area (Å²) >= 11 is 0. The number of benzene rings is 2. The summed E-state index contributed by atoms with van der Waals surface area (Å²) in [6.45, 7) is 3.79. The van der Waals surface area contributed by atoms with Crippen LogP contribution in [0.5, 0.6) is 11.5 Å². The van der Waals surface area contributed by atoms with E-state index in [9.17, 15) is 9.59 Å². The lowest BCUT2D eigenvalue weighted by Crippen LogP contribution is -2.06. The molecule has 0 aromatic heterocycles. The van der Waals surface area contributed by atoms with Crippen LogP contribution in [0.1, 0.15) is 20.7 Å². The van der Waals surface area contributed by atoms with Crippen LogP contribution in [-0.2, 0) is 0 Å². The molecule has 2 rings (SSSR count). The van der Waals surface area contributed by atoms with Crippen LogP contribution >= 0.6 is 0 Å². The molecule has 2 N–H and O–H groups in total. The lowest BCUT2D eigenvalue weighted by atomic mass is 10.2. The summed E-state index contributed by atoms with van der Waals surface area (Å²) in [5.74, 6) is -0.751. The summed E-state index contributed by atoms with van der Waals surface area (Å²) in [4.78, 5) is 21.5. The minimum Gasteiger partial charge on any atom is -0.486 e. The molecule has 6 nitrogen and oxygen atoms in total. The van der Waals surface area contributed by atoms with E-state index in [0.717, 1.165) is 0 Å². The van der Waals surface area contributed by atoms with Gasteiger partial charge in [0, 0.05) is 0 Å². The summed E-state index contributed by atoms with van der Waals surface area (Å²) in [7, 11) is 0. The third-order valence-corrected chi connectivity index (χ3v) is 2.86. The molecule has 23 heavy (non-hydrogen) atoms. The van der Waals surface area contributed by atoms with Gasteiger partial charge in [-0.15, -0.1) is 0 Å². The maximum atomic E-state index is 10.7. The zero-order chi connectivity index (χ0) is 16.8. The van der Waals surface area contributed by atoms with Gasteiger partial charge in [-0.25, -0.2) is 9.59 Å². The number of carboxylic acids is 2. The van der Waals surface area contributed by atoms with Crippen LogP contribution in [0.2, 0.25) is 0 Å². The monoisotopic (exact) mass is 314 g/mol. The largest absolute Gasteiger partial charge is 0.486 e. The highest BCUT2D eigenvalue weighted by Gasteiger charge is 2.05. The minimum atomic E-state index is -1.01. The molecule has 118 valence electrons. The first-order valence-electron chi connectivity index (χ1n) is 6.61. The van der Waals surface area contributed by atoms with Gasteiger partial charge < -0.3 is 19.7 Å². The molecule has 6 heteroatoms. The highest BCUT2D eigenvalue weighted by Crippen LogP contribution is 2.17. The Balaban J connectivity index is 1.87. The highest BCUT2D eigenvalue weighted by atomic mass is 16.5. The van der Waals surface area contributed by atoms with Gasteiger partial charge in [-0.05, 0) is 48.5 Å². The molecular formula is C17H14O6. The van der Waals surface area contributed by atoms with Crippen molar-refractivity contribution < 1.29 is 29.3 Å². The normalized spacial score (nSPS) is 9.91. The Hall–Kier alpha value is -3.28. The quantitative estimate of drug-likeness (QED) is 0.763. The van der Waals surface area contributed by atoms with Gasteiger partial charge in [0.1, 0.15) is 23.9 Å². The zero-order valence-electron chi connectivity index (χ0n) is 12.1. The van der Waals surface area contributed by atoms with Gasteiger partial charge in [0.05, 0.1) is 11.1 Å². The van der Waals surface area contributed by atoms with Gasteiger partial charge in [0.2, 0.25) is 0 Å². The van der Waals surface area contributed by atoms with Crippen molar-refractivity contribution >= 4 is 11.9 Å². The first-order valence-corrected chi connectivity index (χ1v) is 6.61. The van der Waals surface area contributed by atoms with E-state index in [1.807, 2.05) is 0 Å². The van der Waals surface area contributed by atoms with E-state index >= 15 is 0 Å². The van der Waals surface area contributed by atoms with Crippen molar-refractivity contribution in [2.45, 2.75) is 0 Å². The predicted molar refractivity (Wildman–Crippen MR) is 82.1 cm³/mol. The van der Waals surface area contributed by atoms with Gasteiger partial charge >= 0.3 is 11.9 Å². The predicted octanol–water partition coefficient (Wildman–Crippen LogP) is 3.05. The Kier molecular flexibility index (Phi) is 4.99. The molecule has 0 amide bonds. The minimum absolute atomic E-state index is 0.0765. The van der Waals surface area contributed by atoms with E-state index in [2.05, 4.69) is 6.58 Å². The average molecular weight is 314 g/mol. The number of hydrogen-bond acceptors (Lipinski definition) is 4. The number of carbonyl (C=O) groups is 2. The molecule has 0 heterocycles. The second kappa shape index (κ2) is 7.13. The number of ether oxygens (including phenoxy) is 2. The number of hydrogen-bond donors (Lipinski definition) is 2. The smallest absolute Gasteiger partial charge is 0.335 e. The molecule has 2 aromatic carbocycles. The van der Waals surface area contributed by atoms with E-state index in [1.165, 1.54) is 36.4 Å². The maximum Gasteiger partial charge on any atom is 0.335 e. The van der Waals surface area contributed by atoms with Crippen molar-refractivity contribution in [2.24, 2.45) is 0 Å². The third kappa shape index (κ3) is 4.60. The van der Waals surface area contributed by atoms with Crippen molar-refractivity contribution in [3.8, 4) is 11.5 Å². The van der Waals surface area contributed by atoms with Crippen LogP contribution in [-0.4, -0.2) is 28.8 Å². The van der Waals surface area contributed by atoms with Crippen molar-refractivity contribution in [3.05, 3.63) is 72.0 Å². The van der Waals surface area contributed by atoms with Crippen molar-refractivity contribution in [2.75, 3.05) is 6.61 Å². The molecule has 0 aliphatic heterocycles. The first kappa shape index (κ1) is 16.1. The lowest BCUT2D eigenvalue weighted by Gasteiger charge is -2.10. The van der Waals surface area contributed by atoms with E-state index in [4.69, 9.17) is 19.7 Å². The number of rotatable bonds is 7. The molecule has 0 spiro atoms. The molecule has 0 bridgehead atoms. The van der Waals surface area contributed by atoms with Crippen LogP contribution in [0.15, 0.2) is 60.9 Å². The van der Waals surface area contributed by atoms with Crippen molar-refractivity contribution in [1.29, 1.82) is 0 Å². The number of aromatic carboxylic acids is 2. The summed E-state index contributed by atoms with van der Waals surface area (Å²) < 4.78 is 10.9. The molecule has 2 aromatic rings. The van der Waals surface area contributed by atoms with Gasteiger partial charge in [-0.3, -0.25) is 0 Å². The van der Waals surface area contributed by atoms with Crippen LogP contribution in [0.4, 0.5) is 0 Å². The molecule has 0 atom stereocenters. The molecule has 0 saturated carbocycles. The van der Waals surface area contributed by atoms with Crippen LogP contribution in [0.3, 0.4) is 0 Å². The SMILES string of the molecule is C=C(COc1ccc(C(=O)O)cc1)Oc1ccc(C(=O)O)cc1. The Morgan fingerprint density at radius 2 is 1.26 bits per heavy atom. The van der Waals surface area contributed by atoms with E-state index in [1.54, 1.807) is 12.1 Å². The van der Waals surface area contributed by atoms with Gasteiger partial charge in [-0.2, -0.15) is 0 Å². The van der Waals surface area contributed by atoms with Gasteiger partial charge in [0.25, 0.3) is 0 Å². The van der Waals surface area contributed by atoms with Crippen molar-refractivity contribution in [1.82, 2.24) is 0 Å². The third-order valence-electron chi connectivity index (χ3n) is 2.86. The summed E-state index contributed by atoms with van der Waals surface area (Å²) in [5, 5.41) is 17.6.